The predicted octanol–water partition coefficient (Wildman–Crippen LogP) is 4.88. The highest BCUT2D eigenvalue weighted by Crippen LogP contribution is 2.32. The van der Waals surface area contributed by atoms with Gasteiger partial charge in [0.25, 0.3) is 5.91 Å². The number of halogens is 1. The normalized spacial score (nSPS) is 17.9. The third-order valence-corrected chi connectivity index (χ3v) is 6.17. The van der Waals surface area contributed by atoms with Crippen LogP contribution in [0, 0.1) is 6.92 Å². The summed E-state index contributed by atoms with van der Waals surface area (Å²) in [5, 5.41) is 7.00. The van der Waals surface area contributed by atoms with Crippen LogP contribution in [0.25, 0.3) is 17.3 Å². The van der Waals surface area contributed by atoms with Gasteiger partial charge in [-0.3, -0.25) is 4.79 Å². The smallest absolute Gasteiger partial charge is 0.270 e. The molecule has 2 aromatic heterocycles. The molecule has 7 nitrogen and oxygen atoms in total. The Labute approximate surface area is 198 Å². The van der Waals surface area contributed by atoms with Crippen molar-refractivity contribution in [2.75, 3.05) is 11.1 Å². The summed E-state index contributed by atoms with van der Waals surface area (Å²) in [6, 6.07) is 9.48. The summed E-state index contributed by atoms with van der Waals surface area (Å²) >= 11 is 6.45. The third-order valence-electron chi connectivity index (χ3n) is 5.89. The summed E-state index contributed by atoms with van der Waals surface area (Å²) in [4.78, 5) is 25.7. The van der Waals surface area contributed by atoms with E-state index in [9.17, 15) is 4.79 Å². The van der Waals surface area contributed by atoms with Gasteiger partial charge < -0.3 is 16.4 Å². The second kappa shape index (κ2) is 10.0. The van der Waals surface area contributed by atoms with Gasteiger partial charge in [0.1, 0.15) is 5.69 Å². The van der Waals surface area contributed by atoms with Crippen LogP contribution >= 0.6 is 11.6 Å². The fourth-order valence-corrected chi connectivity index (χ4v) is 4.41. The second-order valence-corrected chi connectivity index (χ2v) is 8.69. The van der Waals surface area contributed by atoms with Crippen molar-refractivity contribution in [3.05, 3.63) is 71.1 Å². The highest BCUT2D eigenvalue weighted by atomic mass is 35.5. The highest BCUT2D eigenvalue weighted by Gasteiger charge is 2.25. The number of pyridine rings is 1. The first-order valence-electron chi connectivity index (χ1n) is 11.0. The maximum Gasteiger partial charge on any atom is 0.270 e. The molecule has 4 rings (SSSR count). The van der Waals surface area contributed by atoms with Crippen LogP contribution in [-0.4, -0.2) is 32.9 Å². The Kier molecular flexibility index (Phi) is 6.89. The standard InChI is InChI=1S/C25H27ClN6O/c1-3-19-15(2)6-4-9-20(19)23-21(26)14-29-25(32-23)31-18-8-5-7-17(12-18)30-24(33)22-11-10-16(27)13-28-22/h3-4,6,9-11,13-14,17-18H,1,5,7-8,12,27H2,2H3,(H,30,33)(H,29,31,32). The Bertz CT molecular complexity index is 1160. The van der Waals surface area contributed by atoms with Gasteiger partial charge >= 0.3 is 0 Å². The molecule has 2 heterocycles. The fraction of sp³-hybridized carbons (Fsp3) is 0.280. The minimum absolute atomic E-state index is 0.0408. The molecule has 1 aliphatic carbocycles. The lowest BCUT2D eigenvalue weighted by Gasteiger charge is -2.30. The third kappa shape index (κ3) is 5.31. The number of nitrogens with zero attached hydrogens (tertiary/aromatic N) is 3. The van der Waals surface area contributed by atoms with E-state index in [0.29, 0.717) is 28.0 Å². The summed E-state index contributed by atoms with van der Waals surface area (Å²) < 4.78 is 0. The molecule has 33 heavy (non-hydrogen) atoms. The summed E-state index contributed by atoms with van der Waals surface area (Å²) in [6.07, 6.45) is 8.56. The number of nitrogens with two attached hydrogens (primary N) is 1. The first kappa shape index (κ1) is 22.7. The Morgan fingerprint density at radius 3 is 2.76 bits per heavy atom. The van der Waals surface area contributed by atoms with Gasteiger partial charge in [-0.15, -0.1) is 0 Å². The van der Waals surface area contributed by atoms with E-state index in [1.807, 2.05) is 31.2 Å². The van der Waals surface area contributed by atoms with Crippen LogP contribution in [0.15, 0.2) is 49.3 Å². The number of carbonyl (C=O) groups excluding carboxylic acids is 1. The van der Waals surface area contributed by atoms with E-state index in [0.717, 1.165) is 42.4 Å². The van der Waals surface area contributed by atoms with Gasteiger partial charge in [0.15, 0.2) is 0 Å². The molecule has 0 saturated heterocycles. The Morgan fingerprint density at radius 2 is 2.00 bits per heavy atom. The van der Waals surface area contributed by atoms with E-state index in [1.54, 1.807) is 18.3 Å². The maximum atomic E-state index is 12.5. The quantitative estimate of drug-likeness (QED) is 0.482. The molecule has 170 valence electrons. The van der Waals surface area contributed by atoms with E-state index in [-0.39, 0.29) is 18.0 Å². The molecule has 3 aromatic rings. The molecule has 2 unspecified atom stereocenters. The van der Waals surface area contributed by atoms with Crippen LogP contribution in [0.1, 0.15) is 47.3 Å². The van der Waals surface area contributed by atoms with Crippen molar-refractivity contribution in [1.29, 1.82) is 0 Å². The van der Waals surface area contributed by atoms with Gasteiger partial charge in [0, 0.05) is 17.6 Å². The van der Waals surface area contributed by atoms with E-state index in [4.69, 9.17) is 22.3 Å². The van der Waals surface area contributed by atoms with Crippen molar-refractivity contribution in [1.82, 2.24) is 20.3 Å². The first-order valence-corrected chi connectivity index (χ1v) is 11.4. The van der Waals surface area contributed by atoms with E-state index >= 15 is 0 Å². The zero-order chi connectivity index (χ0) is 23.4. The summed E-state index contributed by atoms with van der Waals surface area (Å²) in [6.45, 7) is 5.97. The number of hydrogen-bond acceptors (Lipinski definition) is 6. The van der Waals surface area contributed by atoms with Crippen molar-refractivity contribution in [2.45, 2.75) is 44.7 Å². The van der Waals surface area contributed by atoms with Crippen molar-refractivity contribution in [3.63, 3.8) is 0 Å². The SMILES string of the molecule is C=Cc1c(C)cccc1-c1nc(NC2CCCC(NC(=O)c3ccc(N)cn3)C2)ncc1Cl. The predicted molar refractivity (Wildman–Crippen MR) is 133 cm³/mol. The highest BCUT2D eigenvalue weighted by molar-refractivity contribution is 6.33. The Balaban J connectivity index is 1.46. The van der Waals surface area contributed by atoms with Crippen LogP contribution in [-0.2, 0) is 0 Å². The maximum absolute atomic E-state index is 12.5. The number of nitrogen functional groups attached to an aromatic ring is 1. The minimum Gasteiger partial charge on any atom is -0.397 e. The van der Waals surface area contributed by atoms with Crippen molar-refractivity contribution < 1.29 is 4.79 Å². The molecule has 1 fully saturated rings. The molecule has 0 spiro atoms. The molecule has 2 atom stereocenters. The van der Waals surface area contributed by atoms with Crippen LogP contribution in [0.3, 0.4) is 0 Å². The molecule has 1 aliphatic rings. The van der Waals surface area contributed by atoms with E-state index in [1.165, 1.54) is 6.20 Å². The number of aryl methyl sites for hydroxylation is 1. The largest absolute Gasteiger partial charge is 0.397 e. The number of amides is 1. The van der Waals surface area contributed by atoms with Crippen molar-refractivity contribution in [2.24, 2.45) is 0 Å². The van der Waals surface area contributed by atoms with Crippen LogP contribution in [0.4, 0.5) is 11.6 Å². The van der Waals surface area contributed by atoms with Gasteiger partial charge in [0.05, 0.1) is 28.8 Å². The minimum atomic E-state index is -0.193. The molecule has 8 heteroatoms. The number of benzene rings is 1. The summed E-state index contributed by atoms with van der Waals surface area (Å²) in [5.41, 5.74) is 10.2. The number of carbonyl (C=O) groups is 1. The molecular formula is C25H27ClN6O. The molecule has 4 N–H and O–H groups in total. The molecule has 1 saturated carbocycles. The second-order valence-electron chi connectivity index (χ2n) is 8.29. The van der Waals surface area contributed by atoms with E-state index < -0.39 is 0 Å². The zero-order valence-corrected chi connectivity index (χ0v) is 19.3. The number of aromatic nitrogens is 3. The number of nitrogens with one attached hydrogen (secondary N) is 2. The van der Waals surface area contributed by atoms with Gasteiger partial charge in [-0.05, 0) is 55.9 Å². The molecule has 0 aliphatic heterocycles. The Hall–Kier alpha value is -3.45. The topological polar surface area (TPSA) is 106 Å². The first-order chi connectivity index (χ1) is 15.9. The Morgan fingerprint density at radius 1 is 1.18 bits per heavy atom. The van der Waals surface area contributed by atoms with Gasteiger partial charge in [-0.1, -0.05) is 42.5 Å². The van der Waals surface area contributed by atoms with Gasteiger partial charge in [-0.2, -0.15) is 0 Å². The average molecular weight is 463 g/mol. The van der Waals surface area contributed by atoms with Crippen LogP contribution in [0.2, 0.25) is 5.02 Å². The average Bonchev–Trinajstić information content (AvgIpc) is 2.81. The number of rotatable bonds is 6. The van der Waals surface area contributed by atoms with Crippen molar-refractivity contribution >= 4 is 35.2 Å². The van der Waals surface area contributed by atoms with Crippen molar-refractivity contribution in [3.8, 4) is 11.3 Å². The fourth-order valence-electron chi connectivity index (χ4n) is 4.22. The molecule has 1 aromatic carbocycles. The molecule has 0 radical (unpaired) electrons. The van der Waals surface area contributed by atoms with E-state index in [2.05, 4.69) is 27.2 Å². The van der Waals surface area contributed by atoms with Gasteiger partial charge in [-0.25, -0.2) is 15.0 Å². The lowest BCUT2D eigenvalue weighted by molar-refractivity contribution is 0.0921. The molecular weight excluding hydrogens is 436 g/mol. The lowest BCUT2D eigenvalue weighted by atomic mass is 9.91. The summed E-state index contributed by atoms with van der Waals surface area (Å²) in [7, 11) is 0. The molecule has 1 amide bonds. The number of anilines is 2. The number of hydrogen-bond donors (Lipinski definition) is 3. The molecule has 0 bridgehead atoms. The monoisotopic (exact) mass is 462 g/mol. The zero-order valence-electron chi connectivity index (χ0n) is 18.5. The van der Waals surface area contributed by atoms with Gasteiger partial charge in [0.2, 0.25) is 5.95 Å². The summed E-state index contributed by atoms with van der Waals surface area (Å²) in [5.74, 6) is 0.324. The van der Waals surface area contributed by atoms with Crippen LogP contribution in [0.5, 0.6) is 0 Å². The van der Waals surface area contributed by atoms with Crippen LogP contribution < -0.4 is 16.4 Å². The lowest BCUT2D eigenvalue weighted by Crippen LogP contribution is -2.42.